The fourth-order valence-electron chi connectivity index (χ4n) is 2.99. The van der Waals surface area contributed by atoms with Crippen molar-refractivity contribution in [3.05, 3.63) is 59.2 Å². The van der Waals surface area contributed by atoms with E-state index in [1.807, 2.05) is 20.8 Å². The molecule has 0 saturated heterocycles. The number of hydrogen-bond acceptors (Lipinski definition) is 6. The number of ether oxygens (including phenoxy) is 2. The van der Waals surface area contributed by atoms with Crippen molar-refractivity contribution >= 4 is 17.8 Å². The third-order valence-corrected chi connectivity index (χ3v) is 4.70. The van der Waals surface area contributed by atoms with Crippen LogP contribution in [0.25, 0.3) is 6.08 Å². The number of para-hydroxylation sites is 1. The van der Waals surface area contributed by atoms with E-state index >= 15 is 0 Å². The standard InChI is InChI=1S/C26H32O6/c1-16(2)31-24(30)26(6,7)32-22-15-17(14-19(23(22)29)25(3,4)5)12-13-21(28)18-10-8-9-11-20(18)27/h8-16,27,29H,1-7H3. The Kier molecular flexibility index (Phi) is 7.39. The molecule has 0 unspecified atom stereocenters. The van der Waals surface area contributed by atoms with Gasteiger partial charge in [0.1, 0.15) is 5.75 Å². The fraction of sp³-hybridized carbons (Fsp3) is 0.385. The van der Waals surface area contributed by atoms with Gasteiger partial charge in [0, 0.05) is 5.56 Å². The highest BCUT2D eigenvalue weighted by Crippen LogP contribution is 2.40. The molecular formula is C26H32O6. The summed E-state index contributed by atoms with van der Waals surface area (Å²) in [6.07, 6.45) is 2.62. The molecule has 0 aromatic heterocycles. The zero-order valence-corrected chi connectivity index (χ0v) is 19.7. The highest BCUT2D eigenvalue weighted by atomic mass is 16.6. The van der Waals surface area contributed by atoms with Gasteiger partial charge in [0.15, 0.2) is 22.9 Å². The molecule has 0 aliphatic rings. The average molecular weight is 441 g/mol. The second-order valence-corrected chi connectivity index (χ2v) is 9.45. The molecule has 0 radical (unpaired) electrons. The number of rotatable bonds is 7. The van der Waals surface area contributed by atoms with Crippen LogP contribution in [0, 0.1) is 0 Å². The summed E-state index contributed by atoms with van der Waals surface area (Å²) in [5.74, 6) is -0.987. The molecule has 0 fully saturated rings. The number of allylic oxidation sites excluding steroid dienone is 1. The molecule has 0 aliphatic heterocycles. The van der Waals surface area contributed by atoms with Crippen LogP contribution in [0.2, 0.25) is 0 Å². The number of hydrogen-bond donors (Lipinski definition) is 2. The molecule has 2 N–H and O–H groups in total. The summed E-state index contributed by atoms with van der Waals surface area (Å²) in [6.45, 7) is 12.4. The van der Waals surface area contributed by atoms with E-state index in [2.05, 4.69) is 0 Å². The zero-order chi connectivity index (χ0) is 24.3. The molecule has 0 amide bonds. The molecule has 2 aromatic carbocycles. The van der Waals surface area contributed by atoms with E-state index in [9.17, 15) is 19.8 Å². The highest BCUT2D eigenvalue weighted by Gasteiger charge is 2.34. The predicted molar refractivity (Wildman–Crippen MR) is 124 cm³/mol. The van der Waals surface area contributed by atoms with Crippen LogP contribution in [0.1, 0.15) is 70.0 Å². The molecule has 6 heteroatoms. The van der Waals surface area contributed by atoms with Crippen LogP contribution in [0.5, 0.6) is 17.2 Å². The van der Waals surface area contributed by atoms with Gasteiger partial charge in [0.05, 0.1) is 11.7 Å². The van der Waals surface area contributed by atoms with Crippen LogP contribution in [0.15, 0.2) is 42.5 Å². The molecular weight excluding hydrogens is 408 g/mol. The van der Waals surface area contributed by atoms with Gasteiger partial charge in [0.2, 0.25) is 0 Å². The van der Waals surface area contributed by atoms with Crippen molar-refractivity contribution in [3.8, 4) is 17.2 Å². The van der Waals surface area contributed by atoms with Gasteiger partial charge in [-0.15, -0.1) is 0 Å². The normalized spacial score (nSPS) is 12.2. The lowest BCUT2D eigenvalue weighted by Gasteiger charge is -2.28. The van der Waals surface area contributed by atoms with E-state index in [-0.39, 0.29) is 34.7 Å². The van der Waals surface area contributed by atoms with E-state index in [0.717, 1.165) is 0 Å². The smallest absolute Gasteiger partial charge is 0.350 e. The maximum Gasteiger partial charge on any atom is 0.350 e. The Morgan fingerprint density at radius 2 is 1.62 bits per heavy atom. The van der Waals surface area contributed by atoms with Crippen LogP contribution in [0.3, 0.4) is 0 Å². The Morgan fingerprint density at radius 1 is 1.00 bits per heavy atom. The number of benzene rings is 2. The molecule has 172 valence electrons. The van der Waals surface area contributed by atoms with Crippen molar-refractivity contribution in [1.29, 1.82) is 0 Å². The fourth-order valence-corrected chi connectivity index (χ4v) is 2.99. The lowest BCUT2D eigenvalue weighted by molar-refractivity contribution is -0.163. The van der Waals surface area contributed by atoms with E-state index in [0.29, 0.717) is 11.1 Å². The molecule has 2 rings (SSSR count). The van der Waals surface area contributed by atoms with Gasteiger partial charge in [-0.3, -0.25) is 4.79 Å². The summed E-state index contributed by atoms with van der Waals surface area (Å²) in [5.41, 5.74) is -0.397. The van der Waals surface area contributed by atoms with Crippen molar-refractivity contribution < 1.29 is 29.3 Å². The van der Waals surface area contributed by atoms with E-state index < -0.39 is 17.0 Å². The third-order valence-electron chi connectivity index (χ3n) is 4.70. The third kappa shape index (κ3) is 6.13. The Balaban J connectivity index is 2.46. The van der Waals surface area contributed by atoms with Gasteiger partial charge >= 0.3 is 5.97 Å². The first-order chi connectivity index (χ1) is 14.7. The number of phenolic OH excluding ortho intramolecular Hbond substituents is 2. The number of phenols is 2. The van der Waals surface area contributed by atoms with Gasteiger partial charge in [-0.05, 0) is 69.0 Å². The highest BCUT2D eigenvalue weighted by molar-refractivity contribution is 6.08. The first kappa shape index (κ1) is 25.0. The first-order valence-corrected chi connectivity index (χ1v) is 10.5. The maximum atomic E-state index is 12.5. The summed E-state index contributed by atoms with van der Waals surface area (Å²) in [4.78, 5) is 25.0. The van der Waals surface area contributed by atoms with E-state index in [4.69, 9.17) is 9.47 Å². The number of carbonyl (C=O) groups excluding carboxylic acids is 2. The summed E-state index contributed by atoms with van der Waals surface area (Å²) < 4.78 is 11.2. The molecule has 6 nitrogen and oxygen atoms in total. The Labute approximate surface area is 189 Å². The first-order valence-electron chi connectivity index (χ1n) is 10.5. The van der Waals surface area contributed by atoms with Crippen molar-refractivity contribution in [1.82, 2.24) is 0 Å². The monoisotopic (exact) mass is 440 g/mol. The van der Waals surface area contributed by atoms with Crippen LogP contribution in [-0.2, 0) is 14.9 Å². The van der Waals surface area contributed by atoms with Crippen molar-refractivity contribution in [2.75, 3.05) is 0 Å². The topological polar surface area (TPSA) is 93.1 Å². The average Bonchev–Trinajstić information content (AvgIpc) is 2.66. The van der Waals surface area contributed by atoms with Gasteiger partial charge in [0.25, 0.3) is 0 Å². The number of aromatic hydroxyl groups is 2. The second-order valence-electron chi connectivity index (χ2n) is 9.45. The van der Waals surface area contributed by atoms with Crippen LogP contribution < -0.4 is 4.74 Å². The molecule has 0 aliphatic carbocycles. The Hall–Kier alpha value is -3.28. The lowest BCUT2D eigenvalue weighted by atomic mass is 9.85. The number of carbonyl (C=O) groups is 2. The Morgan fingerprint density at radius 3 is 2.19 bits per heavy atom. The number of ketones is 1. The molecule has 2 aromatic rings. The largest absolute Gasteiger partial charge is 0.507 e. The summed E-state index contributed by atoms with van der Waals surface area (Å²) >= 11 is 0. The minimum absolute atomic E-state index is 0.0768. The summed E-state index contributed by atoms with van der Waals surface area (Å²) in [6, 6.07) is 9.62. The van der Waals surface area contributed by atoms with Crippen molar-refractivity contribution in [3.63, 3.8) is 0 Å². The predicted octanol–water partition coefficient (Wildman–Crippen LogP) is 5.40. The minimum atomic E-state index is -1.34. The molecule has 32 heavy (non-hydrogen) atoms. The van der Waals surface area contributed by atoms with Gasteiger partial charge in [-0.25, -0.2) is 4.79 Å². The summed E-state index contributed by atoms with van der Waals surface area (Å²) in [7, 11) is 0. The zero-order valence-electron chi connectivity index (χ0n) is 19.7. The molecule has 0 heterocycles. The Bertz CT molecular complexity index is 1030. The molecule has 0 spiro atoms. The van der Waals surface area contributed by atoms with Crippen LogP contribution >= 0.6 is 0 Å². The number of esters is 1. The second kappa shape index (κ2) is 9.47. The SMILES string of the molecule is CC(C)OC(=O)C(C)(C)Oc1cc(C=CC(=O)c2ccccc2O)cc(C(C)(C)C)c1O. The van der Waals surface area contributed by atoms with Gasteiger partial charge < -0.3 is 19.7 Å². The van der Waals surface area contributed by atoms with E-state index in [1.54, 1.807) is 58.0 Å². The molecule has 0 atom stereocenters. The lowest BCUT2D eigenvalue weighted by Crippen LogP contribution is -2.41. The van der Waals surface area contributed by atoms with Crippen molar-refractivity contribution in [2.24, 2.45) is 0 Å². The van der Waals surface area contributed by atoms with Crippen molar-refractivity contribution in [2.45, 2.75) is 65.6 Å². The minimum Gasteiger partial charge on any atom is -0.507 e. The van der Waals surface area contributed by atoms with Gasteiger partial charge in [-0.1, -0.05) is 39.0 Å². The summed E-state index contributed by atoms with van der Waals surface area (Å²) in [5, 5.41) is 20.8. The van der Waals surface area contributed by atoms with Crippen LogP contribution in [-0.4, -0.2) is 33.7 Å². The molecule has 0 bridgehead atoms. The quantitative estimate of drug-likeness (QED) is 0.340. The van der Waals surface area contributed by atoms with E-state index in [1.165, 1.54) is 18.2 Å². The maximum absolute atomic E-state index is 12.5. The van der Waals surface area contributed by atoms with Gasteiger partial charge in [-0.2, -0.15) is 0 Å². The van der Waals surface area contributed by atoms with Crippen LogP contribution in [0.4, 0.5) is 0 Å². The molecule has 0 saturated carbocycles.